The van der Waals surface area contributed by atoms with E-state index in [2.05, 4.69) is 149 Å². The lowest BCUT2D eigenvalue weighted by Crippen LogP contribution is -2.29. The Bertz CT molecular complexity index is 1890. The minimum Gasteiger partial charge on any atom is -0.478 e. The van der Waals surface area contributed by atoms with Gasteiger partial charge in [0.2, 0.25) is 0 Å². The van der Waals surface area contributed by atoms with Gasteiger partial charge in [-0.25, -0.2) is 19.2 Å². The molecule has 0 bridgehead atoms. The van der Waals surface area contributed by atoms with Crippen LogP contribution in [-0.2, 0) is 54.6 Å². The lowest BCUT2D eigenvalue weighted by atomic mass is 9.89. The van der Waals surface area contributed by atoms with Gasteiger partial charge < -0.3 is 29.2 Å². The summed E-state index contributed by atoms with van der Waals surface area (Å²) in [6.45, 7) is 10.1. The van der Waals surface area contributed by atoms with Crippen LogP contribution in [0.15, 0.2) is 60.7 Å². The molecule has 10 nitrogen and oxygen atoms in total. The second-order valence-electron chi connectivity index (χ2n) is 11.5. The summed E-state index contributed by atoms with van der Waals surface area (Å²) in [5, 5.41) is 20.4. The molecule has 0 spiro atoms. The number of halogens is 6. The first-order valence-corrected chi connectivity index (χ1v) is 21.6. The molecule has 2 atom stereocenters. The standard InChI is InChI=1S/C36H32I6O10/c1-17(2)35(47)51-15-24(49-13-20-7-22(37)10-28(39)31(20)41)9-19-5-6-26(33(43)44)30(34(45)46)27(19)12-25(16-52-36(48)18(3)4)50-14-21-8-23(38)11-29(40)32(21)42/h5-8,10-11,24-25H,1,3,9,12-16H2,2,4H3,(H,43,44)(H,45,46). The van der Waals surface area contributed by atoms with E-state index in [-0.39, 0.29) is 56.0 Å². The van der Waals surface area contributed by atoms with Gasteiger partial charge in [0.1, 0.15) is 13.2 Å². The van der Waals surface area contributed by atoms with Gasteiger partial charge in [0, 0.05) is 45.4 Å². The van der Waals surface area contributed by atoms with E-state index < -0.39 is 47.2 Å². The van der Waals surface area contributed by atoms with Gasteiger partial charge in [-0.15, -0.1) is 0 Å². The molecule has 3 aromatic rings. The molecular weight excluding hydrogens is 1350 g/mol. The molecule has 0 aliphatic carbocycles. The Morgan fingerprint density at radius 2 is 1.10 bits per heavy atom. The fourth-order valence-electron chi connectivity index (χ4n) is 4.77. The summed E-state index contributed by atoms with van der Waals surface area (Å²) in [6.07, 6.45) is -1.76. The lowest BCUT2D eigenvalue weighted by Gasteiger charge is -2.24. The number of carboxylic acid groups (broad SMARTS) is 2. The molecule has 3 aromatic carbocycles. The Kier molecular flexibility index (Phi) is 19.0. The fourth-order valence-corrected chi connectivity index (χ4v) is 9.63. The van der Waals surface area contributed by atoms with E-state index in [9.17, 15) is 29.4 Å². The van der Waals surface area contributed by atoms with Gasteiger partial charge in [-0.2, -0.15) is 0 Å². The molecule has 0 aliphatic heterocycles. The van der Waals surface area contributed by atoms with E-state index in [1.54, 1.807) is 0 Å². The Labute approximate surface area is 383 Å². The molecule has 0 fully saturated rings. The van der Waals surface area contributed by atoms with Crippen LogP contribution in [0.5, 0.6) is 0 Å². The molecule has 16 heteroatoms. The van der Waals surface area contributed by atoms with Crippen LogP contribution in [0.2, 0.25) is 0 Å². The summed E-state index contributed by atoms with van der Waals surface area (Å²) in [6, 6.07) is 10.8. The first kappa shape index (κ1) is 45.7. The average Bonchev–Trinajstić information content (AvgIpc) is 3.06. The SMILES string of the molecule is C=C(C)C(=O)OCC(Cc1ccc(C(=O)O)c(C(=O)O)c1CC(COC(=O)C(=C)C)OCc1cc(I)cc(I)c1I)OCc1cc(I)cc(I)c1I. The van der Waals surface area contributed by atoms with Crippen LogP contribution in [0.1, 0.15) is 56.8 Å². The highest BCUT2D eigenvalue weighted by Crippen LogP contribution is 2.29. The first-order chi connectivity index (χ1) is 24.4. The molecule has 0 radical (unpaired) electrons. The fraction of sp³-hybridized carbons (Fsp3) is 0.278. The topological polar surface area (TPSA) is 146 Å². The molecule has 278 valence electrons. The number of esters is 2. The first-order valence-electron chi connectivity index (χ1n) is 15.2. The maximum Gasteiger partial charge on any atom is 0.336 e. The number of rotatable bonds is 18. The van der Waals surface area contributed by atoms with Crippen LogP contribution >= 0.6 is 136 Å². The number of ether oxygens (including phenoxy) is 4. The van der Waals surface area contributed by atoms with Crippen molar-refractivity contribution in [1.82, 2.24) is 0 Å². The van der Waals surface area contributed by atoms with Gasteiger partial charge in [-0.05, 0) is 202 Å². The highest BCUT2D eigenvalue weighted by atomic mass is 127. The zero-order valence-electron chi connectivity index (χ0n) is 27.7. The third-order valence-corrected chi connectivity index (χ3v) is 14.9. The summed E-state index contributed by atoms with van der Waals surface area (Å²) >= 11 is 13.4. The van der Waals surface area contributed by atoms with E-state index in [0.29, 0.717) is 5.56 Å². The number of carbonyl (C=O) groups is 4. The monoisotopic (exact) mass is 1390 g/mol. The maximum absolute atomic E-state index is 12.8. The van der Waals surface area contributed by atoms with Gasteiger partial charge in [-0.1, -0.05) is 19.2 Å². The Hall–Kier alpha value is -0.680. The van der Waals surface area contributed by atoms with Gasteiger partial charge in [-0.3, -0.25) is 0 Å². The zero-order valence-corrected chi connectivity index (χ0v) is 40.6. The van der Waals surface area contributed by atoms with Crippen molar-refractivity contribution >= 4 is 159 Å². The van der Waals surface area contributed by atoms with E-state index in [1.165, 1.54) is 26.0 Å². The van der Waals surface area contributed by atoms with Crippen molar-refractivity contribution in [2.75, 3.05) is 13.2 Å². The second kappa shape index (κ2) is 21.6. The molecule has 0 heterocycles. The largest absolute Gasteiger partial charge is 0.478 e. The van der Waals surface area contributed by atoms with Gasteiger partial charge >= 0.3 is 23.9 Å². The molecule has 52 heavy (non-hydrogen) atoms. The Morgan fingerprint density at radius 3 is 1.50 bits per heavy atom. The summed E-state index contributed by atoms with van der Waals surface area (Å²) in [5.74, 6) is -4.15. The van der Waals surface area contributed by atoms with Crippen LogP contribution < -0.4 is 0 Å². The zero-order chi connectivity index (χ0) is 38.9. The van der Waals surface area contributed by atoms with Crippen LogP contribution in [0.25, 0.3) is 0 Å². The van der Waals surface area contributed by atoms with E-state index in [0.717, 1.165) is 32.5 Å². The second-order valence-corrected chi connectivity index (χ2v) is 18.5. The third-order valence-electron chi connectivity index (χ3n) is 7.32. The van der Waals surface area contributed by atoms with Crippen LogP contribution in [0, 0.1) is 21.4 Å². The van der Waals surface area contributed by atoms with Crippen molar-refractivity contribution in [3.05, 3.63) is 116 Å². The number of hydrogen-bond donors (Lipinski definition) is 2. The lowest BCUT2D eigenvalue weighted by molar-refractivity contribution is -0.144. The predicted molar refractivity (Wildman–Crippen MR) is 246 cm³/mol. The van der Waals surface area contributed by atoms with E-state index in [4.69, 9.17) is 18.9 Å². The van der Waals surface area contributed by atoms with Crippen molar-refractivity contribution in [3.8, 4) is 0 Å². The summed E-state index contributed by atoms with van der Waals surface area (Å²) in [4.78, 5) is 50.0. The molecule has 2 N–H and O–H groups in total. The van der Waals surface area contributed by atoms with Gasteiger partial charge in [0.15, 0.2) is 0 Å². The van der Waals surface area contributed by atoms with Crippen molar-refractivity contribution in [3.63, 3.8) is 0 Å². The highest BCUT2D eigenvalue weighted by molar-refractivity contribution is 14.1. The number of carbonyl (C=O) groups excluding carboxylic acids is 2. The quantitative estimate of drug-likeness (QED) is 0.0548. The van der Waals surface area contributed by atoms with E-state index >= 15 is 0 Å². The number of benzene rings is 3. The van der Waals surface area contributed by atoms with Crippen LogP contribution in [-0.4, -0.2) is 59.5 Å². The van der Waals surface area contributed by atoms with Gasteiger partial charge in [0.05, 0.1) is 36.5 Å². The molecule has 0 saturated carbocycles. The van der Waals surface area contributed by atoms with Crippen molar-refractivity contribution in [1.29, 1.82) is 0 Å². The molecule has 2 unspecified atom stereocenters. The maximum atomic E-state index is 12.8. The Morgan fingerprint density at radius 1 is 0.654 bits per heavy atom. The Balaban J connectivity index is 2.10. The molecule has 0 amide bonds. The smallest absolute Gasteiger partial charge is 0.336 e. The minimum atomic E-state index is -1.46. The summed E-state index contributed by atoms with van der Waals surface area (Å²) in [5.41, 5.74) is 1.90. The highest BCUT2D eigenvalue weighted by Gasteiger charge is 2.28. The molecule has 3 rings (SSSR count). The summed E-state index contributed by atoms with van der Waals surface area (Å²) in [7, 11) is 0. The third kappa shape index (κ3) is 13.5. The molecule has 0 saturated heterocycles. The number of hydrogen-bond acceptors (Lipinski definition) is 8. The van der Waals surface area contributed by atoms with Crippen molar-refractivity contribution < 1.29 is 48.3 Å². The minimum absolute atomic E-state index is 0.0435. The van der Waals surface area contributed by atoms with Crippen molar-refractivity contribution in [2.24, 2.45) is 0 Å². The average molecular weight is 1390 g/mol. The summed E-state index contributed by atoms with van der Waals surface area (Å²) < 4.78 is 29.7. The number of aromatic carboxylic acids is 2. The van der Waals surface area contributed by atoms with Gasteiger partial charge in [0.25, 0.3) is 0 Å². The van der Waals surface area contributed by atoms with E-state index in [1.807, 2.05) is 24.3 Å². The molecular formula is C36H32I6O10. The van der Waals surface area contributed by atoms with Crippen LogP contribution in [0.4, 0.5) is 0 Å². The normalized spacial score (nSPS) is 12.2. The number of carboxylic acids is 2. The predicted octanol–water partition coefficient (Wildman–Crippen LogP) is 9.20. The molecule has 0 aliphatic rings. The van der Waals surface area contributed by atoms with Crippen LogP contribution in [0.3, 0.4) is 0 Å². The molecule has 0 aromatic heterocycles. The van der Waals surface area contributed by atoms with Crippen molar-refractivity contribution in [2.45, 2.75) is 52.1 Å².